The number of amides is 1. The van der Waals surface area contributed by atoms with Gasteiger partial charge in [-0.2, -0.15) is 0 Å². The molecule has 4 nitrogen and oxygen atoms in total. The van der Waals surface area contributed by atoms with Crippen LogP contribution in [0.1, 0.15) is 52.9 Å². The topological polar surface area (TPSA) is 58.4 Å². The molecular formula is C17H33N3O. The third-order valence-corrected chi connectivity index (χ3v) is 5.39. The molecule has 0 aromatic carbocycles. The molecule has 2 rings (SSSR count). The highest BCUT2D eigenvalue weighted by atomic mass is 16.2. The van der Waals surface area contributed by atoms with Gasteiger partial charge in [-0.15, -0.1) is 0 Å². The number of hydrogen-bond acceptors (Lipinski definition) is 3. The Kier molecular flexibility index (Phi) is 6.06. The summed E-state index contributed by atoms with van der Waals surface area (Å²) in [5.41, 5.74) is 6.16. The zero-order valence-corrected chi connectivity index (χ0v) is 14.0. The fourth-order valence-electron chi connectivity index (χ4n) is 3.97. The van der Waals surface area contributed by atoms with Gasteiger partial charge in [-0.3, -0.25) is 4.79 Å². The van der Waals surface area contributed by atoms with Crippen LogP contribution in [0.15, 0.2) is 0 Å². The van der Waals surface area contributed by atoms with Gasteiger partial charge in [0.25, 0.3) is 0 Å². The normalized spacial score (nSPS) is 36.2. The molecule has 0 bridgehead atoms. The largest absolute Gasteiger partial charge is 0.352 e. The van der Waals surface area contributed by atoms with E-state index >= 15 is 0 Å². The SMILES string of the molecule is CC(CN1CCCCC1)NC(=O)C1CC(N)C(C)CC1C. The molecule has 1 amide bonds. The summed E-state index contributed by atoms with van der Waals surface area (Å²) in [7, 11) is 0. The third-order valence-electron chi connectivity index (χ3n) is 5.39. The van der Waals surface area contributed by atoms with Crippen LogP contribution in [0.25, 0.3) is 0 Å². The van der Waals surface area contributed by atoms with E-state index in [0.717, 1.165) is 19.4 Å². The van der Waals surface area contributed by atoms with Crippen LogP contribution in [-0.4, -0.2) is 42.5 Å². The van der Waals surface area contributed by atoms with Gasteiger partial charge in [0, 0.05) is 24.5 Å². The Labute approximate surface area is 129 Å². The van der Waals surface area contributed by atoms with Crippen LogP contribution in [0.2, 0.25) is 0 Å². The van der Waals surface area contributed by atoms with Crippen molar-refractivity contribution in [1.29, 1.82) is 0 Å². The Balaban J connectivity index is 1.79. The number of carbonyl (C=O) groups is 1. The van der Waals surface area contributed by atoms with Crippen molar-refractivity contribution >= 4 is 5.91 Å². The number of likely N-dealkylation sites (tertiary alicyclic amines) is 1. The van der Waals surface area contributed by atoms with Gasteiger partial charge < -0.3 is 16.0 Å². The van der Waals surface area contributed by atoms with E-state index in [4.69, 9.17) is 5.73 Å². The van der Waals surface area contributed by atoms with Gasteiger partial charge in [-0.05, 0) is 57.5 Å². The maximum atomic E-state index is 12.5. The smallest absolute Gasteiger partial charge is 0.223 e. The highest BCUT2D eigenvalue weighted by Gasteiger charge is 2.35. The van der Waals surface area contributed by atoms with Crippen LogP contribution in [0.5, 0.6) is 0 Å². The summed E-state index contributed by atoms with van der Waals surface area (Å²) in [6, 6.07) is 0.410. The van der Waals surface area contributed by atoms with Crippen molar-refractivity contribution in [3.8, 4) is 0 Å². The number of carbonyl (C=O) groups excluding carboxylic acids is 1. The lowest BCUT2D eigenvalue weighted by Crippen LogP contribution is -2.49. The molecule has 0 aromatic heterocycles. The van der Waals surface area contributed by atoms with Crippen LogP contribution >= 0.6 is 0 Å². The van der Waals surface area contributed by atoms with Gasteiger partial charge in [-0.1, -0.05) is 20.3 Å². The van der Waals surface area contributed by atoms with Gasteiger partial charge in [0.05, 0.1) is 0 Å². The van der Waals surface area contributed by atoms with E-state index in [2.05, 4.69) is 31.0 Å². The summed E-state index contributed by atoms with van der Waals surface area (Å²) < 4.78 is 0. The molecule has 0 spiro atoms. The second-order valence-electron chi connectivity index (χ2n) is 7.47. The molecule has 1 aliphatic heterocycles. The lowest BCUT2D eigenvalue weighted by Gasteiger charge is -2.37. The third kappa shape index (κ3) is 4.68. The van der Waals surface area contributed by atoms with Gasteiger partial charge in [0.2, 0.25) is 5.91 Å². The van der Waals surface area contributed by atoms with Crippen molar-refractivity contribution in [2.45, 2.75) is 65.0 Å². The first kappa shape index (κ1) is 16.8. The van der Waals surface area contributed by atoms with Gasteiger partial charge in [-0.25, -0.2) is 0 Å². The van der Waals surface area contributed by atoms with Crippen molar-refractivity contribution in [1.82, 2.24) is 10.2 Å². The fourth-order valence-corrected chi connectivity index (χ4v) is 3.97. The molecule has 5 atom stereocenters. The van der Waals surface area contributed by atoms with Crippen molar-refractivity contribution in [3.63, 3.8) is 0 Å². The van der Waals surface area contributed by atoms with E-state index in [0.29, 0.717) is 11.8 Å². The van der Waals surface area contributed by atoms with E-state index in [1.54, 1.807) is 0 Å². The Morgan fingerprint density at radius 1 is 1.19 bits per heavy atom. The summed E-state index contributed by atoms with van der Waals surface area (Å²) in [6.45, 7) is 9.87. The second kappa shape index (κ2) is 7.59. The van der Waals surface area contributed by atoms with Crippen molar-refractivity contribution in [3.05, 3.63) is 0 Å². The lowest BCUT2D eigenvalue weighted by atomic mass is 9.72. The first-order valence-corrected chi connectivity index (χ1v) is 8.75. The maximum absolute atomic E-state index is 12.5. The number of piperidine rings is 1. The molecule has 4 heteroatoms. The predicted octanol–water partition coefficient (Wildman–Crippen LogP) is 1.99. The highest BCUT2D eigenvalue weighted by Crippen LogP contribution is 2.33. The number of hydrogen-bond donors (Lipinski definition) is 2. The Morgan fingerprint density at radius 3 is 2.52 bits per heavy atom. The molecule has 1 saturated heterocycles. The Hall–Kier alpha value is -0.610. The minimum Gasteiger partial charge on any atom is -0.352 e. The zero-order valence-electron chi connectivity index (χ0n) is 14.0. The average molecular weight is 295 g/mol. The van der Waals surface area contributed by atoms with Crippen molar-refractivity contribution in [2.75, 3.05) is 19.6 Å². The number of nitrogens with one attached hydrogen (secondary N) is 1. The molecule has 3 N–H and O–H groups in total. The van der Waals surface area contributed by atoms with E-state index in [9.17, 15) is 4.79 Å². The summed E-state index contributed by atoms with van der Waals surface area (Å²) >= 11 is 0. The maximum Gasteiger partial charge on any atom is 0.223 e. The fraction of sp³-hybridized carbons (Fsp3) is 0.941. The zero-order chi connectivity index (χ0) is 15.4. The first-order valence-electron chi connectivity index (χ1n) is 8.75. The van der Waals surface area contributed by atoms with Gasteiger partial charge in [0.15, 0.2) is 0 Å². The van der Waals surface area contributed by atoms with E-state index in [-0.39, 0.29) is 23.9 Å². The Bertz CT molecular complexity index is 341. The minimum atomic E-state index is 0.0972. The van der Waals surface area contributed by atoms with Crippen LogP contribution in [0.3, 0.4) is 0 Å². The summed E-state index contributed by atoms with van der Waals surface area (Å²) in [6.07, 6.45) is 5.86. The molecule has 0 radical (unpaired) electrons. The van der Waals surface area contributed by atoms with Gasteiger partial charge in [0.1, 0.15) is 0 Å². The van der Waals surface area contributed by atoms with E-state index < -0.39 is 0 Å². The van der Waals surface area contributed by atoms with Crippen LogP contribution in [-0.2, 0) is 4.79 Å². The molecule has 21 heavy (non-hydrogen) atoms. The molecule has 5 unspecified atom stereocenters. The molecule has 2 fully saturated rings. The number of nitrogens with zero attached hydrogens (tertiary/aromatic N) is 1. The molecule has 0 aromatic rings. The quantitative estimate of drug-likeness (QED) is 0.834. The van der Waals surface area contributed by atoms with Crippen molar-refractivity contribution < 1.29 is 4.79 Å². The van der Waals surface area contributed by atoms with E-state index in [1.807, 2.05) is 0 Å². The standard InChI is InChI=1S/C17H33N3O/c1-12-9-13(2)16(18)10-15(12)17(21)19-14(3)11-20-7-5-4-6-8-20/h12-16H,4-11,18H2,1-3H3,(H,19,21). The minimum absolute atomic E-state index is 0.0972. The molecule has 2 aliphatic rings. The molecule has 1 aliphatic carbocycles. The second-order valence-corrected chi connectivity index (χ2v) is 7.47. The lowest BCUT2D eigenvalue weighted by molar-refractivity contribution is -0.129. The average Bonchev–Trinajstić information content (AvgIpc) is 2.43. The van der Waals surface area contributed by atoms with Crippen molar-refractivity contribution in [2.24, 2.45) is 23.5 Å². The van der Waals surface area contributed by atoms with Crippen LogP contribution in [0, 0.1) is 17.8 Å². The molecule has 122 valence electrons. The Morgan fingerprint density at radius 2 is 1.86 bits per heavy atom. The monoisotopic (exact) mass is 295 g/mol. The van der Waals surface area contributed by atoms with E-state index in [1.165, 1.54) is 32.4 Å². The first-order chi connectivity index (χ1) is 9.97. The molecule has 1 saturated carbocycles. The summed E-state index contributed by atoms with van der Waals surface area (Å²) in [5.74, 6) is 1.30. The highest BCUT2D eigenvalue weighted by molar-refractivity contribution is 5.79. The molecular weight excluding hydrogens is 262 g/mol. The molecule has 1 heterocycles. The summed E-state index contributed by atoms with van der Waals surface area (Å²) in [4.78, 5) is 15.0. The predicted molar refractivity (Wildman–Crippen MR) is 86.9 cm³/mol. The van der Waals surface area contributed by atoms with Gasteiger partial charge >= 0.3 is 0 Å². The van der Waals surface area contributed by atoms with Crippen LogP contribution in [0.4, 0.5) is 0 Å². The number of rotatable bonds is 4. The van der Waals surface area contributed by atoms with Crippen LogP contribution < -0.4 is 11.1 Å². The number of nitrogens with two attached hydrogens (primary N) is 1. The summed E-state index contributed by atoms with van der Waals surface area (Å²) in [5, 5.41) is 3.23.